The van der Waals surface area contributed by atoms with E-state index in [-0.39, 0.29) is 11.7 Å². The minimum atomic E-state index is -0.164. The molecule has 0 bridgehead atoms. The highest BCUT2D eigenvalue weighted by molar-refractivity contribution is 7.98. The summed E-state index contributed by atoms with van der Waals surface area (Å²) >= 11 is 1.86. The van der Waals surface area contributed by atoms with Gasteiger partial charge in [0, 0.05) is 6.04 Å². The number of thioether (sulfide) groups is 1. The summed E-state index contributed by atoms with van der Waals surface area (Å²) in [6.45, 7) is 6.58. The third-order valence-corrected chi connectivity index (χ3v) is 4.61. The zero-order valence-electron chi connectivity index (χ0n) is 11.3. The molecule has 2 unspecified atom stereocenters. The number of hydrogen-bond donors (Lipinski definition) is 1. The zero-order valence-corrected chi connectivity index (χ0v) is 12.1. The van der Waals surface area contributed by atoms with Gasteiger partial charge in [-0.25, -0.2) is 0 Å². The van der Waals surface area contributed by atoms with Crippen molar-refractivity contribution < 1.29 is 4.79 Å². The van der Waals surface area contributed by atoms with E-state index in [1.807, 2.05) is 11.8 Å². The molecule has 0 aromatic rings. The van der Waals surface area contributed by atoms with Crippen LogP contribution in [0.5, 0.6) is 0 Å². The Kier molecular flexibility index (Phi) is 3.74. The first-order chi connectivity index (χ1) is 8.02. The van der Waals surface area contributed by atoms with Gasteiger partial charge >= 0.3 is 0 Å². The molecule has 1 aliphatic heterocycles. The van der Waals surface area contributed by atoms with Crippen LogP contribution in [0.15, 0.2) is 0 Å². The van der Waals surface area contributed by atoms with E-state index in [1.165, 1.54) is 0 Å². The number of rotatable bonds is 5. The number of nitrogens with one attached hydrogen (secondary N) is 1. The van der Waals surface area contributed by atoms with Gasteiger partial charge in [0.1, 0.15) is 0 Å². The fourth-order valence-corrected chi connectivity index (χ4v) is 3.24. The van der Waals surface area contributed by atoms with Crippen molar-refractivity contribution >= 4 is 17.7 Å². The summed E-state index contributed by atoms with van der Waals surface area (Å²) in [5, 5.41) is 3.57. The number of carbonyl (C=O) groups is 1. The summed E-state index contributed by atoms with van der Waals surface area (Å²) in [4.78, 5) is 14.6. The van der Waals surface area contributed by atoms with Gasteiger partial charge in [-0.15, -0.1) is 0 Å². The van der Waals surface area contributed by atoms with Gasteiger partial charge in [0.05, 0.1) is 11.7 Å². The standard InChI is InChI=1S/C13H24N2OS/c1-9(2)11-14-13(6-7-13)12(16)15(11)10(3)5-8-17-4/h9-11,14H,5-8H2,1-4H3. The van der Waals surface area contributed by atoms with Gasteiger partial charge in [-0.3, -0.25) is 10.1 Å². The van der Waals surface area contributed by atoms with Crippen molar-refractivity contribution in [1.29, 1.82) is 0 Å². The zero-order chi connectivity index (χ0) is 12.6. The molecule has 0 radical (unpaired) electrons. The number of hydrogen-bond acceptors (Lipinski definition) is 3. The van der Waals surface area contributed by atoms with Gasteiger partial charge in [-0.1, -0.05) is 13.8 Å². The molecule has 2 atom stereocenters. The molecule has 3 nitrogen and oxygen atoms in total. The summed E-state index contributed by atoms with van der Waals surface area (Å²) in [7, 11) is 0. The van der Waals surface area contributed by atoms with Crippen LogP contribution in [0.3, 0.4) is 0 Å². The number of amides is 1. The van der Waals surface area contributed by atoms with Crippen molar-refractivity contribution in [2.45, 2.75) is 57.8 Å². The maximum absolute atomic E-state index is 12.5. The highest BCUT2D eigenvalue weighted by Gasteiger charge is 2.60. The van der Waals surface area contributed by atoms with E-state index in [1.54, 1.807) is 0 Å². The summed E-state index contributed by atoms with van der Waals surface area (Å²) in [5.74, 6) is 1.96. The van der Waals surface area contributed by atoms with Crippen LogP contribution in [-0.2, 0) is 4.79 Å². The van der Waals surface area contributed by atoms with Gasteiger partial charge < -0.3 is 4.90 Å². The first-order valence-corrected chi connectivity index (χ1v) is 8.00. The Morgan fingerprint density at radius 2 is 2.12 bits per heavy atom. The van der Waals surface area contributed by atoms with E-state index < -0.39 is 0 Å². The van der Waals surface area contributed by atoms with E-state index in [2.05, 4.69) is 37.2 Å². The smallest absolute Gasteiger partial charge is 0.244 e. The van der Waals surface area contributed by atoms with Crippen LogP contribution in [0, 0.1) is 5.92 Å². The van der Waals surface area contributed by atoms with Crippen molar-refractivity contribution in [3.63, 3.8) is 0 Å². The SMILES string of the molecule is CSCCC(C)N1C(=O)C2(CC2)NC1C(C)C. The number of carbonyl (C=O) groups excluding carboxylic acids is 1. The van der Waals surface area contributed by atoms with E-state index in [9.17, 15) is 4.79 Å². The Labute approximate surface area is 109 Å². The molecular weight excluding hydrogens is 232 g/mol. The fourth-order valence-electron chi connectivity index (χ4n) is 2.66. The normalized spacial score (nSPS) is 28.2. The molecule has 1 aliphatic carbocycles. The monoisotopic (exact) mass is 256 g/mol. The molecule has 1 N–H and O–H groups in total. The Morgan fingerprint density at radius 3 is 2.59 bits per heavy atom. The molecule has 1 amide bonds. The Balaban J connectivity index is 2.08. The van der Waals surface area contributed by atoms with Crippen molar-refractivity contribution in [2.24, 2.45) is 5.92 Å². The Bertz CT molecular complexity index is 302. The molecule has 2 fully saturated rings. The second-order valence-electron chi connectivity index (χ2n) is 5.76. The van der Waals surface area contributed by atoms with Gasteiger partial charge in [-0.2, -0.15) is 11.8 Å². The van der Waals surface area contributed by atoms with E-state index in [0.717, 1.165) is 25.0 Å². The molecule has 2 rings (SSSR count). The predicted molar refractivity (Wildman–Crippen MR) is 73.0 cm³/mol. The van der Waals surface area contributed by atoms with Crippen molar-refractivity contribution in [3.05, 3.63) is 0 Å². The third kappa shape index (κ3) is 2.34. The first-order valence-electron chi connectivity index (χ1n) is 6.61. The first kappa shape index (κ1) is 13.2. The average Bonchev–Trinajstić information content (AvgIpc) is 2.99. The van der Waals surface area contributed by atoms with E-state index >= 15 is 0 Å². The second kappa shape index (κ2) is 4.81. The highest BCUT2D eigenvalue weighted by Crippen LogP contribution is 2.44. The topological polar surface area (TPSA) is 32.3 Å². The molecule has 1 heterocycles. The van der Waals surface area contributed by atoms with E-state index in [0.29, 0.717) is 17.9 Å². The maximum Gasteiger partial charge on any atom is 0.244 e. The lowest BCUT2D eigenvalue weighted by molar-refractivity contribution is -0.133. The molecule has 4 heteroatoms. The molecule has 0 aromatic heterocycles. The van der Waals surface area contributed by atoms with Crippen molar-refractivity contribution in [1.82, 2.24) is 10.2 Å². The van der Waals surface area contributed by atoms with Crippen LogP contribution in [0.4, 0.5) is 0 Å². The summed E-state index contributed by atoms with van der Waals surface area (Å²) in [5.41, 5.74) is -0.164. The second-order valence-corrected chi connectivity index (χ2v) is 6.74. The van der Waals surface area contributed by atoms with Crippen LogP contribution < -0.4 is 5.32 Å². The van der Waals surface area contributed by atoms with Crippen LogP contribution in [0.2, 0.25) is 0 Å². The van der Waals surface area contributed by atoms with Gasteiger partial charge in [-0.05, 0) is 44.1 Å². The quantitative estimate of drug-likeness (QED) is 0.817. The lowest BCUT2D eigenvalue weighted by atomic mass is 10.1. The minimum absolute atomic E-state index is 0.164. The van der Waals surface area contributed by atoms with Gasteiger partial charge in [0.25, 0.3) is 0 Å². The fraction of sp³-hybridized carbons (Fsp3) is 0.923. The summed E-state index contributed by atoms with van der Waals surface area (Å²) in [6.07, 6.45) is 5.51. The van der Waals surface area contributed by atoms with Crippen LogP contribution in [0.1, 0.15) is 40.0 Å². The van der Waals surface area contributed by atoms with Crippen LogP contribution >= 0.6 is 11.8 Å². The Hall–Kier alpha value is -0.220. The lowest BCUT2D eigenvalue weighted by Gasteiger charge is -2.32. The molecule has 1 saturated heterocycles. The highest BCUT2D eigenvalue weighted by atomic mass is 32.2. The van der Waals surface area contributed by atoms with Gasteiger partial charge in [0.2, 0.25) is 5.91 Å². The molecular formula is C13H24N2OS. The van der Waals surface area contributed by atoms with Crippen molar-refractivity contribution in [3.8, 4) is 0 Å². The van der Waals surface area contributed by atoms with Crippen LogP contribution in [-0.4, -0.2) is 40.6 Å². The Morgan fingerprint density at radius 1 is 1.47 bits per heavy atom. The van der Waals surface area contributed by atoms with Gasteiger partial charge in [0.15, 0.2) is 0 Å². The lowest BCUT2D eigenvalue weighted by Crippen LogP contribution is -2.46. The molecule has 1 spiro atoms. The van der Waals surface area contributed by atoms with Crippen LogP contribution in [0.25, 0.3) is 0 Å². The average molecular weight is 256 g/mol. The summed E-state index contributed by atoms with van der Waals surface area (Å²) in [6, 6.07) is 0.356. The summed E-state index contributed by atoms with van der Waals surface area (Å²) < 4.78 is 0. The molecule has 98 valence electrons. The van der Waals surface area contributed by atoms with E-state index in [4.69, 9.17) is 0 Å². The molecule has 17 heavy (non-hydrogen) atoms. The number of nitrogens with zero attached hydrogens (tertiary/aromatic N) is 1. The van der Waals surface area contributed by atoms with Crippen molar-refractivity contribution in [2.75, 3.05) is 12.0 Å². The maximum atomic E-state index is 12.5. The third-order valence-electron chi connectivity index (χ3n) is 3.96. The molecule has 1 saturated carbocycles. The molecule has 2 aliphatic rings. The molecule has 0 aromatic carbocycles. The predicted octanol–water partition coefficient (Wildman–Crippen LogP) is 2.07. The largest absolute Gasteiger partial charge is 0.323 e. The minimum Gasteiger partial charge on any atom is -0.323 e.